The predicted octanol–water partition coefficient (Wildman–Crippen LogP) is -0.858. The topological polar surface area (TPSA) is 92.5 Å². The Morgan fingerprint density at radius 1 is 1.45 bits per heavy atom. The van der Waals surface area contributed by atoms with E-state index in [1.165, 1.54) is 0 Å². The molecule has 0 saturated carbocycles. The highest BCUT2D eigenvalue weighted by Gasteiger charge is 2.32. The molecule has 0 spiro atoms. The molecule has 3 atom stereocenters. The van der Waals surface area contributed by atoms with E-state index >= 15 is 0 Å². The summed E-state index contributed by atoms with van der Waals surface area (Å²) in [6.07, 6.45) is 0.108. The molecule has 68 valence electrons. The van der Waals surface area contributed by atoms with Crippen molar-refractivity contribution < 1.29 is 10.2 Å². The molecule has 11 heavy (non-hydrogen) atoms. The maximum absolute atomic E-state index is 9.39. The van der Waals surface area contributed by atoms with Crippen LogP contribution in [0.3, 0.4) is 0 Å². The van der Waals surface area contributed by atoms with Crippen LogP contribution in [0.25, 0.3) is 0 Å². The normalized spacial score (nSPS) is 22.4. The monoisotopic (exact) mass is 162 g/mol. The average molecular weight is 162 g/mol. The molecule has 4 nitrogen and oxygen atoms in total. The van der Waals surface area contributed by atoms with Gasteiger partial charge in [0.25, 0.3) is 0 Å². The van der Waals surface area contributed by atoms with Gasteiger partial charge in [0.1, 0.15) is 5.72 Å². The molecule has 0 radical (unpaired) electrons. The van der Waals surface area contributed by atoms with Gasteiger partial charge in [0.2, 0.25) is 0 Å². The Labute approximate surface area is 67.2 Å². The number of aliphatic hydroxyl groups excluding tert-OH is 1. The van der Waals surface area contributed by atoms with Gasteiger partial charge >= 0.3 is 0 Å². The highest BCUT2D eigenvalue weighted by molar-refractivity contribution is 4.87. The first-order valence-electron chi connectivity index (χ1n) is 3.90. The van der Waals surface area contributed by atoms with E-state index in [1.807, 2.05) is 0 Å². The van der Waals surface area contributed by atoms with Crippen LogP contribution in [0.4, 0.5) is 0 Å². The molecular formula is C7H18N2O2. The maximum atomic E-state index is 9.39. The molecule has 0 aliphatic carbocycles. The molecule has 0 heterocycles. The molecule has 0 fully saturated rings. The van der Waals surface area contributed by atoms with Crippen LogP contribution in [0.5, 0.6) is 0 Å². The minimum Gasteiger partial charge on any atom is -0.391 e. The van der Waals surface area contributed by atoms with Crippen molar-refractivity contribution in [1.82, 2.24) is 0 Å². The Kier molecular flexibility index (Phi) is 3.96. The summed E-state index contributed by atoms with van der Waals surface area (Å²) in [5.41, 5.74) is 9.45. The largest absolute Gasteiger partial charge is 0.391 e. The number of rotatable bonds is 4. The summed E-state index contributed by atoms with van der Waals surface area (Å²) in [6, 6.07) is -0.766. The van der Waals surface area contributed by atoms with Crippen LogP contribution < -0.4 is 11.5 Å². The van der Waals surface area contributed by atoms with Crippen molar-refractivity contribution in [2.75, 3.05) is 0 Å². The van der Waals surface area contributed by atoms with Crippen molar-refractivity contribution in [3.63, 3.8) is 0 Å². The molecule has 0 aromatic rings. The van der Waals surface area contributed by atoms with E-state index in [4.69, 9.17) is 11.5 Å². The van der Waals surface area contributed by atoms with Crippen LogP contribution in [0, 0.1) is 0 Å². The fraction of sp³-hybridized carbons (Fsp3) is 1.00. The van der Waals surface area contributed by atoms with Crippen molar-refractivity contribution in [3.8, 4) is 0 Å². The van der Waals surface area contributed by atoms with Gasteiger partial charge in [-0.05, 0) is 12.8 Å². The van der Waals surface area contributed by atoms with Gasteiger partial charge in [-0.2, -0.15) is 0 Å². The molecule has 0 bridgehead atoms. The Morgan fingerprint density at radius 2 is 1.91 bits per heavy atom. The Hall–Kier alpha value is -0.160. The third kappa shape index (κ3) is 2.75. The third-order valence-electron chi connectivity index (χ3n) is 1.98. The maximum Gasteiger partial charge on any atom is 0.131 e. The summed E-state index contributed by atoms with van der Waals surface area (Å²) in [4.78, 5) is 0. The van der Waals surface area contributed by atoms with Gasteiger partial charge in [0, 0.05) is 0 Å². The molecule has 0 amide bonds. The van der Waals surface area contributed by atoms with Crippen LogP contribution in [0.1, 0.15) is 26.7 Å². The highest BCUT2D eigenvalue weighted by Crippen LogP contribution is 2.11. The smallest absolute Gasteiger partial charge is 0.131 e. The lowest BCUT2D eigenvalue weighted by Gasteiger charge is -2.31. The Bertz CT molecular complexity index is 117. The van der Waals surface area contributed by atoms with Crippen molar-refractivity contribution in [3.05, 3.63) is 0 Å². The fourth-order valence-electron chi connectivity index (χ4n) is 0.823. The highest BCUT2D eigenvalue weighted by atomic mass is 16.3. The molecule has 0 aromatic carbocycles. The standard InChI is InChI=1S/C7H18N2O2/c1-3-5(10)6(8)7(9,11)4-2/h5-6,10-11H,3-4,8-9H2,1-2H3. The summed E-state index contributed by atoms with van der Waals surface area (Å²) in [7, 11) is 0. The van der Waals surface area contributed by atoms with Crippen LogP contribution in [-0.4, -0.2) is 28.1 Å². The van der Waals surface area contributed by atoms with E-state index < -0.39 is 17.9 Å². The van der Waals surface area contributed by atoms with Crippen LogP contribution in [-0.2, 0) is 0 Å². The van der Waals surface area contributed by atoms with Gasteiger partial charge in [-0.25, -0.2) is 0 Å². The lowest BCUT2D eigenvalue weighted by atomic mass is 9.96. The van der Waals surface area contributed by atoms with Gasteiger partial charge in [0.15, 0.2) is 0 Å². The van der Waals surface area contributed by atoms with Crippen molar-refractivity contribution in [2.45, 2.75) is 44.6 Å². The predicted molar refractivity (Wildman–Crippen MR) is 43.7 cm³/mol. The molecule has 0 rings (SSSR count). The van der Waals surface area contributed by atoms with Gasteiger partial charge in [-0.15, -0.1) is 0 Å². The summed E-state index contributed by atoms with van der Waals surface area (Å²) < 4.78 is 0. The average Bonchev–Trinajstić information content (AvgIpc) is 2.01. The van der Waals surface area contributed by atoms with Gasteiger partial charge in [-0.3, -0.25) is 0 Å². The van der Waals surface area contributed by atoms with Gasteiger partial charge in [-0.1, -0.05) is 13.8 Å². The van der Waals surface area contributed by atoms with E-state index in [1.54, 1.807) is 13.8 Å². The van der Waals surface area contributed by atoms with Crippen molar-refractivity contribution in [2.24, 2.45) is 11.5 Å². The second-order valence-electron chi connectivity index (χ2n) is 2.85. The summed E-state index contributed by atoms with van der Waals surface area (Å²) in [6.45, 7) is 3.51. The van der Waals surface area contributed by atoms with E-state index in [0.29, 0.717) is 12.8 Å². The summed E-state index contributed by atoms with van der Waals surface area (Å²) >= 11 is 0. The van der Waals surface area contributed by atoms with Crippen LogP contribution in [0.15, 0.2) is 0 Å². The summed E-state index contributed by atoms with van der Waals surface area (Å²) in [5.74, 6) is 0. The van der Waals surface area contributed by atoms with Crippen molar-refractivity contribution >= 4 is 0 Å². The molecule has 6 N–H and O–H groups in total. The third-order valence-corrected chi connectivity index (χ3v) is 1.98. The van der Waals surface area contributed by atoms with Gasteiger partial charge < -0.3 is 21.7 Å². The van der Waals surface area contributed by atoms with E-state index in [-0.39, 0.29) is 0 Å². The minimum atomic E-state index is -1.45. The van der Waals surface area contributed by atoms with E-state index in [2.05, 4.69) is 0 Å². The lowest BCUT2D eigenvalue weighted by Crippen LogP contribution is -2.60. The SMILES string of the molecule is CCC(O)C(N)C(N)(O)CC. The number of hydrogen-bond donors (Lipinski definition) is 4. The molecule has 4 heteroatoms. The summed E-state index contributed by atoms with van der Waals surface area (Å²) in [5, 5.41) is 18.6. The van der Waals surface area contributed by atoms with Crippen molar-refractivity contribution in [1.29, 1.82) is 0 Å². The Balaban J connectivity index is 4.10. The molecule has 0 aromatic heterocycles. The van der Waals surface area contributed by atoms with E-state index in [9.17, 15) is 10.2 Å². The lowest BCUT2D eigenvalue weighted by molar-refractivity contribution is -0.0312. The molecule has 0 aliphatic heterocycles. The number of hydrogen-bond acceptors (Lipinski definition) is 4. The second kappa shape index (κ2) is 4.01. The molecule has 0 saturated heterocycles. The first-order chi connectivity index (χ1) is 4.95. The molecular weight excluding hydrogens is 144 g/mol. The zero-order valence-corrected chi connectivity index (χ0v) is 7.12. The second-order valence-corrected chi connectivity index (χ2v) is 2.85. The van der Waals surface area contributed by atoms with Gasteiger partial charge in [0.05, 0.1) is 12.1 Å². The molecule has 0 aliphatic rings. The zero-order valence-electron chi connectivity index (χ0n) is 7.12. The first-order valence-corrected chi connectivity index (χ1v) is 3.90. The van der Waals surface area contributed by atoms with Crippen LogP contribution in [0.2, 0.25) is 0 Å². The quantitative estimate of drug-likeness (QED) is 0.405. The molecule has 3 unspecified atom stereocenters. The van der Waals surface area contributed by atoms with E-state index in [0.717, 1.165) is 0 Å². The minimum absolute atomic E-state index is 0.339. The number of nitrogens with two attached hydrogens (primary N) is 2. The van der Waals surface area contributed by atoms with Crippen LogP contribution >= 0.6 is 0 Å². The zero-order chi connectivity index (χ0) is 9.07. The fourth-order valence-corrected chi connectivity index (χ4v) is 0.823. The first kappa shape index (κ1) is 10.8. The Morgan fingerprint density at radius 3 is 2.18 bits per heavy atom. The number of aliphatic hydroxyl groups is 2.